The highest BCUT2D eigenvalue weighted by Gasteiger charge is 2.33. The van der Waals surface area contributed by atoms with Crippen LogP contribution in [0.3, 0.4) is 0 Å². The second-order valence-electron chi connectivity index (χ2n) is 13.0. The number of hydrogen-bond acceptors (Lipinski definition) is 11. The molecule has 3 aliphatic rings. The third-order valence-electron chi connectivity index (χ3n) is 8.82. The average molecular weight is 665 g/mol. The summed E-state index contributed by atoms with van der Waals surface area (Å²) in [4.78, 5) is 34.0. The fraction of sp³-hybridized carbons (Fsp3) is 0.469. The molecule has 1 N–H and O–H groups in total. The quantitative estimate of drug-likeness (QED) is 0.288. The molecule has 0 unspecified atom stereocenters. The van der Waals surface area contributed by atoms with Gasteiger partial charge in [-0.25, -0.2) is 19.2 Å². The van der Waals surface area contributed by atoms with Crippen LogP contribution in [0.5, 0.6) is 0 Å². The van der Waals surface area contributed by atoms with Crippen LogP contribution in [0.4, 0.5) is 20.1 Å². The van der Waals surface area contributed by atoms with E-state index in [1.165, 1.54) is 0 Å². The van der Waals surface area contributed by atoms with Gasteiger partial charge in [-0.1, -0.05) is 11.6 Å². The maximum Gasteiger partial charge on any atom is 0.412 e. The molecule has 0 saturated carbocycles. The number of nitrogens with zero attached hydrogens (tertiary/aromatic N) is 7. The van der Waals surface area contributed by atoms with Gasteiger partial charge in [-0.2, -0.15) is 5.26 Å². The van der Waals surface area contributed by atoms with Gasteiger partial charge < -0.3 is 19.3 Å². The molecular weight excluding hydrogens is 631 g/mol. The Labute approximate surface area is 274 Å². The van der Waals surface area contributed by atoms with Crippen molar-refractivity contribution in [2.24, 2.45) is 0 Å². The van der Waals surface area contributed by atoms with Gasteiger partial charge in [0, 0.05) is 67.8 Å². The number of likely N-dealkylation sites (N-methyl/N-ethyl adjacent to an activating group) is 1. The first-order valence-electron chi connectivity index (χ1n) is 15.3. The van der Waals surface area contributed by atoms with Crippen molar-refractivity contribution in [2.75, 3.05) is 56.5 Å². The molecule has 1 amide bonds. The lowest BCUT2D eigenvalue weighted by Gasteiger charge is -2.36. The van der Waals surface area contributed by atoms with Crippen LogP contribution in [-0.4, -0.2) is 88.8 Å². The monoisotopic (exact) mass is 664 g/mol. The van der Waals surface area contributed by atoms with Crippen molar-refractivity contribution in [3.63, 3.8) is 0 Å². The zero-order valence-electron chi connectivity index (χ0n) is 26.1. The second kappa shape index (κ2) is 11.8. The molecule has 0 spiro atoms. The Balaban J connectivity index is 1.31. The van der Waals surface area contributed by atoms with Crippen LogP contribution >= 0.6 is 22.9 Å². The Morgan fingerprint density at radius 3 is 2.67 bits per heavy atom. The van der Waals surface area contributed by atoms with E-state index in [0.717, 1.165) is 79.7 Å². The lowest BCUT2D eigenvalue weighted by molar-refractivity contribution is 0.0636. The number of rotatable bonds is 4. The van der Waals surface area contributed by atoms with Gasteiger partial charge >= 0.3 is 6.09 Å². The number of carbonyl (C=O) groups is 1. The van der Waals surface area contributed by atoms with Crippen molar-refractivity contribution in [1.82, 2.24) is 24.8 Å². The molecule has 6 heterocycles. The van der Waals surface area contributed by atoms with Crippen molar-refractivity contribution in [3.8, 4) is 17.3 Å². The van der Waals surface area contributed by atoms with Crippen molar-refractivity contribution < 1.29 is 18.7 Å². The van der Waals surface area contributed by atoms with Crippen LogP contribution in [0.25, 0.3) is 32.2 Å². The number of halogens is 2. The number of piperazine rings is 1. The first kappa shape index (κ1) is 31.0. The maximum absolute atomic E-state index is 15.3. The molecule has 2 saturated heterocycles. The molecule has 4 aromatic rings. The number of aromatic nitrogens is 3. The number of hydrogen-bond donors (Lipinski definition) is 1. The van der Waals surface area contributed by atoms with E-state index in [0.29, 0.717) is 40.4 Å². The van der Waals surface area contributed by atoms with Crippen molar-refractivity contribution >= 4 is 61.0 Å². The smallest absolute Gasteiger partial charge is 0.412 e. The zero-order chi connectivity index (χ0) is 32.3. The molecule has 2 fully saturated rings. The summed E-state index contributed by atoms with van der Waals surface area (Å²) < 4.78 is 26.7. The van der Waals surface area contributed by atoms with Gasteiger partial charge in [-0.3, -0.25) is 15.2 Å². The fourth-order valence-electron chi connectivity index (χ4n) is 6.56. The summed E-state index contributed by atoms with van der Waals surface area (Å²) in [5, 5.41) is 14.4. The molecule has 0 bridgehead atoms. The summed E-state index contributed by atoms with van der Waals surface area (Å²) in [7, 11) is 2.16. The Kier molecular flexibility index (Phi) is 7.97. The summed E-state index contributed by atoms with van der Waals surface area (Å²) in [6, 6.07) is 2.59. The molecule has 1 aromatic carbocycles. The van der Waals surface area contributed by atoms with E-state index >= 15 is 4.39 Å². The Morgan fingerprint density at radius 1 is 1.17 bits per heavy atom. The number of benzene rings is 1. The predicted octanol–water partition coefficient (Wildman–Crippen LogP) is 5.77. The SMILES string of the molecule is CN1CCN([C@@H]2CCN(c3ncc4c5c(c(-c6ncc(F)c7sc(NC(=O)OC(C)(C)C)c(C#N)c67)c(Cl)c4n3)COC5)C2)CC1. The van der Waals surface area contributed by atoms with E-state index in [1.54, 1.807) is 20.8 Å². The molecule has 3 aliphatic heterocycles. The topological polar surface area (TPSA) is 120 Å². The Morgan fingerprint density at radius 2 is 1.93 bits per heavy atom. The summed E-state index contributed by atoms with van der Waals surface area (Å²) in [6.07, 6.45) is 3.22. The van der Waals surface area contributed by atoms with E-state index in [1.807, 2.05) is 6.20 Å². The number of thiophene rings is 1. The standard InChI is InChI=1S/C32H34ClFN8O3S/c1-32(2,3)45-31(43)39-29-18(11-35)24-27(36-13-22(34)28(24)46-29)23-21-16-44-15-20(21)19-12-37-30(38-26(19)25(23)33)42-6-5-17(14-42)41-9-7-40(4)8-10-41/h12-13,17H,5-10,14-16H2,1-4H3,(H,39,43)/t17-/m1/s1. The Hall–Kier alpha value is -3.67. The highest BCUT2D eigenvalue weighted by atomic mass is 35.5. The lowest BCUT2D eigenvalue weighted by atomic mass is 9.94. The zero-order valence-corrected chi connectivity index (χ0v) is 27.7. The third-order valence-corrected chi connectivity index (χ3v) is 10.3. The van der Waals surface area contributed by atoms with Crippen LogP contribution in [-0.2, 0) is 22.7 Å². The third kappa shape index (κ3) is 5.52. The summed E-state index contributed by atoms with van der Waals surface area (Å²) >= 11 is 8.17. The van der Waals surface area contributed by atoms with E-state index < -0.39 is 17.5 Å². The number of anilines is 2. The number of carbonyl (C=O) groups excluding carboxylic acids is 1. The van der Waals surface area contributed by atoms with Gasteiger partial charge in [0.1, 0.15) is 16.7 Å². The number of fused-ring (bicyclic) bond motifs is 4. The molecule has 0 aliphatic carbocycles. The number of pyridine rings is 1. The van der Waals surface area contributed by atoms with Gasteiger partial charge in [0.15, 0.2) is 5.82 Å². The minimum absolute atomic E-state index is 0.0760. The predicted molar refractivity (Wildman–Crippen MR) is 176 cm³/mol. The molecule has 11 nitrogen and oxygen atoms in total. The van der Waals surface area contributed by atoms with Gasteiger partial charge in [-0.15, -0.1) is 11.3 Å². The highest BCUT2D eigenvalue weighted by molar-refractivity contribution is 7.23. The van der Waals surface area contributed by atoms with Crippen molar-refractivity contribution in [2.45, 2.75) is 52.0 Å². The number of amides is 1. The van der Waals surface area contributed by atoms with Crippen LogP contribution in [0.2, 0.25) is 5.02 Å². The summed E-state index contributed by atoms with van der Waals surface area (Å²) in [5.74, 6) is -0.0130. The largest absolute Gasteiger partial charge is 0.444 e. The number of nitriles is 1. The van der Waals surface area contributed by atoms with Crippen LogP contribution in [0.15, 0.2) is 12.4 Å². The molecule has 46 heavy (non-hydrogen) atoms. The van der Waals surface area contributed by atoms with E-state index in [9.17, 15) is 10.1 Å². The molecule has 14 heteroatoms. The molecule has 240 valence electrons. The van der Waals surface area contributed by atoms with Gasteiger partial charge in [-0.05, 0) is 45.4 Å². The van der Waals surface area contributed by atoms with Crippen LogP contribution < -0.4 is 10.2 Å². The lowest BCUT2D eigenvalue weighted by Crippen LogP contribution is -2.49. The average Bonchev–Trinajstić information content (AvgIpc) is 3.77. The van der Waals surface area contributed by atoms with E-state index in [2.05, 4.69) is 38.1 Å². The minimum Gasteiger partial charge on any atom is -0.444 e. The molecule has 0 radical (unpaired) electrons. The van der Waals surface area contributed by atoms with E-state index in [4.69, 9.17) is 31.0 Å². The normalized spacial score (nSPS) is 19.2. The summed E-state index contributed by atoms with van der Waals surface area (Å²) in [6.45, 7) is 11.7. The molecular formula is C32H34ClFN8O3S. The molecule has 7 rings (SSSR count). The van der Waals surface area contributed by atoms with Crippen molar-refractivity contribution in [3.05, 3.63) is 39.9 Å². The fourth-order valence-corrected chi connectivity index (χ4v) is 7.95. The molecule has 1 atom stereocenters. The van der Waals surface area contributed by atoms with Gasteiger partial charge in [0.25, 0.3) is 0 Å². The van der Waals surface area contributed by atoms with Gasteiger partial charge in [0.2, 0.25) is 5.95 Å². The van der Waals surface area contributed by atoms with E-state index in [-0.39, 0.29) is 27.3 Å². The van der Waals surface area contributed by atoms with Crippen LogP contribution in [0, 0.1) is 17.1 Å². The van der Waals surface area contributed by atoms with Crippen molar-refractivity contribution in [1.29, 1.82) is 5.26 Å². The van der Waals surface area contributed by atoms with Crippen LogP contribution in [0.1, 0.15) is 43.9 Å². The molecule has 3 aromatic heterocycles. The maximum atomic E-state index is 15.3. The first-order chi connectivity index (χ1) is 22.0. The summed E-state index contributed by atoms with van der Waals surface area (Å²) in [5.41, 5.74) is 2.41. The number of ether oxygens (including phenoxy) is 2. The Bertz CT molecular complexity index is 1910. The number of nitrogens with one attached hydrogen (secondary N) is 1. The minimum atomic E-state index is -0.758. The highest BCUT2D eigenvalue weighted by Crippen LogP contribution is 2.48. The first-order valence-corrected chi connectivity index (χ1v) is 16.5. The second-order valence-corrected chi connectivity index (χ2v) is 14.4. The van der Waals surface area contributed by atoms with Gasteiger partial charge in [0.05, 0.1) is 45.9 Å².